The van der Waals surface area contributed by atoms with E-state index in [-0.39, 0.29) is 11.8 Å². The van der Waals surface area contributed by atoms with Gasteiger partial charge in [0.05, 0.1) is 0 Å². The van der Waals surface area contributed by atoms with Gasteiger partial charge in [0, 0.05) is 29.0 Å². The first-order valence-electron chi connectivity index (χ1n) is 4.89. The molecule has 1 aromatic carbocycles. The molecular weight excluding hydrogens is 254 g/mol. The lowest BCUT2D eigenvalue weighted by molar-refractivity contribution is 0.0986. The summed E-state index contributed by atoms with van der Waals surface area (Å²) in [5.41, 5.74) is 1.94. The molecule has 15 heavy (non-hydrogen) atoms. The first-order chi connectivity index (χ1) is 7.22. The Balaban J connectivity index is 2.31. The molecule has 1 N–H and O–H groups in total. The fraction of sp³-hybridized carbons (Fsp3) is 0.250. The van der Waals surface area contributed by atoms with Crippen molar-refractivity contribution >= 4 is 21.7 Å². The van der Waals surface area contributed by atoms with Gasteiger partial charge in [-0.25, -0.2) is 0 Å². The van der Waals surface area contributed by atoms with Gasteiger partial charge < -0.3 is 5.32 Å². The normalized spacial score (nSPS) is 19.0. The minimum atomic E-state index is 0.142. The third kappa shape index (κ3) is 2.03. The van der Waals surface area contributed by atoms with E-state index in [1.54, 1.807) is 6.08 Å². The van der Waals surface area contributed by atoms with Crippen molar-refractivity contribution in [3.63, 3.8) is 0 Å². The quantitative estimate of drug-likeness (QED) is 0.852. The van der Waals surface area contributed by atoms with Crippen LogP contribution in [0.2, 0.25) is 0 Å². The molecule has 1 aromatic rings. The average molecular weight is 266 g/mol. The Hall–Kier alpha value is -0.930. The molecule has 1 atom stereocenters. The van der Waals surface area contributed by atoms with Gasteiger partial charge in [0.1, 0.15) is 0 Å². The van der Waals surface area contributed by atoms with Crippen LogP contribution >= 0.6 is 15.9 Å². The number of Topliss-reactive ketones (excluding diaryl/α,β-unsaturated/α-hetero) is 1. The van der Waals surface area contributed by atoms with Gasteiger partial charge in [0.2, 0.25) is 0 Å². The smallest absolute Gasteiger partial charge is 0.165 e. The van der Waals surface area contributed by atoms with Crippen LogP contribution in [0.15, 0.2) is 35.3 Å². The molecule has 0 bridgehead atoms. The Morgan fingerprint density at radius 3 is 3.13 bits per heavy atom. The predicted molar refractivity (Wildman–Crippen MR) is 64.0 cm³/mol. The topological polar surface area (TPSA) is 29.1 Å². The molecule has 0 saturated heterocycles. The Morgan fingerprint density at radius 1 is 1.60 bits per heavy atom. The van der Waals surface area contributed by atoms with E-state index in [4.69, 9.17) is 0 Å². The van der Waals surface area contributed by atoms with Crippen molar-refractivity contribution in [2.45, 2.75) is 12.5 Å². The van der Waals surface area contributed by atoms with E-state index in [9.17, 15) is 4.79 Å². The molecule has 0 aliphatic heterocycles. The zero-order valence-electron chi connectivity index (χ0n) is 8.29. The van der Waals surface area contributed by atoms with Crippen LogP contribution in [0.1, 0.15) is 28.4 Å². The van der Waals surface area contributed by atoms with Crippen LogP contribution in [0.3, 0.4) is 0 Å². The maximum atomic E-state index is 11.7. The second-order valence-electron chi connectivity index (χ2n) is 3.61. The van der Waals surface area contributed by atoms with Gasteiger partial charge in [-0.1, -0.05) is 22.0 Å². The molecule has 3 heteroatoms. The lowest BCUT2D eigenvalue weighted by Crippen LogP contribution is -2.19. The number of carbonyl (C=O) groups excluding carboxylic acids is 1. The highest BCUT2D eigenvalue weighted by molar-refractivity contribution is 9.10. The summed E-state index contributed by atoms with van der Waals surface area (Å²) in [6.07, 6.45) is 2.36. The summed E-state index contributed by atoms with van der Waals surface area (Å²) in [5, 5.41) is 3.29. The number of carbonyl (C=O) groups is 1. The Labute approximate surface area is 97.5 Å². The third-order valence-corrected chi connectivity index (χ3v) is 3.08. The predicted octanol–water partition coefficient (Wildman–Crippen LogP) is 2.85. The number of nitrogens with one attached hydrogen (secondary N) is 1. The van der Waals surface area contributed by atoms with Gasteiger partial charge in [-0.05, 0) is 23.8 Å². The number of ketones is 1. The van der Waals surface area contributed by atoms with Crippen molar-refractivity contribution in [3.8, 4) is 0 Å². The minimum absolute atomic E-state index is 0.142. The molecule has 2 rings (SSSR count). The standard InChI is InChI=1S/C12H12BrNO/c1-2-5-14-11-7-12(15)9-4-3-8(13)6-10(9)11/h2-4,6,11,14H,1,5,7H2. The summed E-state index contributed by atoms with van der Waals surface area (Å²) < 4.78 is 1.02. The lowest BCUT2D eigenvalue weighted by atomic mass is 10.1. The first kappa shape index (κ1) is 10.6. The summed E-state index contributed by atoms with van der Waals surface area (Å²) >= 11 is 3.42. The summed E-state index contributed by atoms with van der Waals surface area (Å²) in [4.78, 5) is 11.7. The zero-order valence-corrected chi connectivity index (χ0v) is 9.88. The van der Waals surface area contributed by atoms with Crippen LogP contribution in [0.25, 0.3) is 0 Å². The highest BCUT2D eigenvalue weighted by Gasteiger charge is 2.28. The van der Waals surface area contributed by atoms with Crippen molar-refractivity contribution in [1.29, 1.82) is 0 Å². The molecule has 1 aliphatic rings. The van der Waals surface area contributed by atoms with Crippen LogP contribution in [-0.2, 0) is 0 Å². The molecule has 0 amide bonds. The molecule has 0 aromatic heterocycles. The van der Waals surface area contributed by atoms with Gasteiger partial charge in [-0.15, -0.1) is 6.58 Å². The number of halogens is 1. The second kappa shape index (κ2) is 4.29. The summed E-state index contributed by atoms with van der Waals surface area (Å²) in [6.45, 7) is 4.38. The maximum Gasteiger partial charge on any atom is 0.165 e. The maximum absolute atomic E-state index is 11.7. The molecule has 1 unspecified atom stereocenters. The minimum Gasteiger partial charge on any atom is -0.306 e. The van der Waals surface area contributed by atoms with E-state index < -0.39 is 0 Å². The van der Waals surface area contributed by atoms with Crippen LogP contribution in [0.4, 0.5) is 0 Å². The average Bonchev–Trinajstić information content (AvgIpc) is 2.52. The van der Waals surface area contributed by atoms with Gasteiger partial charge in [-0.2, -0.15) is 0 Å². The fourth-order valence-electron chi connectivity index (χ4n) is 1.89. The monoisotopic (exact) mass is 265 g/mol. The zero-order chi connectivity index (χ0) is 10.8. The molecule has 0 heterocycles. The first-order valence-corrected chi connectivity index (χ1v) is 5.68. The van der Waals surface area contributed by atoms with Crippen molar-refractivity contribution in [1.82, 2.24) is 5.32 Å². The number of rotatable bonds is 3. The lowest BCUT2D eigenvalue weighted by Gasteiger charge is -2.11. The van der Waals surface area contributed by atoms with Gasteiger partial charge >= 0.3 is 0 Å². The number of benzene rings is 1. The SMILES string of the molecule is C=CCNC1CC(=O)c2ccc(Br)cc21. The molecule has 78 valence electrons. The Kier molecular flexibility index (Phi) is 3.03. The van der Waals surface area contributed by atoms with Gasteiger partial charge in [-0.3, -0.25) is 4.79 Å². The number of fused-ring (bicyclic) bond motifs is 1. The van der Waals surface area contributed by atoms with E-state index in [1.807, 2.05) is 18.2 Å². The molecule has 2 nitrogen and oxygen atoms in total. The molecule has 0 saturated carbocycles. The van der Waals surface area contributed by atoms with E-state index in [2.05, 4.69) is 27.8 Å². The van der Waals surface area contributed by atoms with Crippen LogP contribution < -0.4 is 5.32 Å². The number of hydrogen-bond donors (Lipinski definition) is 1. The summed E-state index contributed by atoms with van der Waals surface area (Å²) in [7, 11) is 0. The van der Waals surface area contributed by atoms with Crippen molar-refractivity contribution in [2.75, 3.05) is 6.54 Å². The van der Waals surface area contributed by atoms with Gasteiger partial charge in [0.15, 0.2) is 5.78 Å². The van der Waals surface area contributed by atoms with Crippen molar-refractivity contribution in [2.24, 2.45) is 0 Å². The molecular formula is C12H12BrNO. The van der Waals surface area contributed by atoms with E-state index >= 15 is 0 Å². The molecule has 0 radical (unpaired) electrons. The van der Waals surface area contributed by atoms with Crippen molar-refractivity contribution in [3.05, 3.63) is 46.5 Å². The van der Waals surface area contributed by atoms with Gasteiger partial charge in [0.25, 0.3) is 0 Å². The summed E-state index contributed by atoms with van der Waals surface area (Å²) in [5.74, 6) is 0.221. The Morgan fingerprint density at radius 2 is 2.40 bits per heavy atom. The fourth-order valence-corrected chi connectivity index (χ4v) is 2.27. The highest BCUT2D eigenvalue weighted by Crippen LogP contribution is 2.32. The third-order valence-electron chi connectivity index (χ3n) is 2.59. The molecule has 1 aliphatic carbocycles. The molecule has 0 spiro atoms. The Bertz CT molecular complexity index is 414. The second-order valence-corrected chi connectivity index (χ2v) is 4.52. The van der Waals surface area contributed by atoms with E-state index in [1.165, 1.54) is 0 Å². The highest BCUT2D eigenvalue weighted by atomic mass is 79.9. The largest absolute Gasteiger partial charge is 0.306 e. The summed E-state index contributed by atoms with van der Waals surface area (Å²) in [6, 6.07) is 5.95. The van der Waals surface area contributed by atoms with E-state index in [0.29, 0.717) is 6.42 Å². The van der Waals surface area contributed by atoms with Crippen LogP contribution in [0.5, 0.6) is 0 Å². The molecule has 0 fully saturated rings. The van der Waals surface area contributed by atoms with Crippen molar-refractivity contribution < 1.29 is 4.79 Å². The van der Waals surface area contributed by atoms with Crippen LogP contribution in [0, 0.1) is 0 Å². The van der Waals surface area contributed by atoms with Crippen LogP contribution in [-0.4, -0.2) is 12.3 Å². The van der Waals surface area contributed by atoms with E-state index in [0.717, 1.165) is 22.1 Å². The number of hydrogen-bond acceptors (Lipinski definition) is 2.